The van der Waals surface area contributed by atoms with Crippen LogP contribution in [0.2, 0.25) is 0 Å². The van der Waals surface area contributed by atoms with Gasteiger partial charge in [0.2, 0.25) is 0 Å². The second-order valence-corrected chi connectivity index (χ2v) is 10.8. The zero-order valence-electron chi connectivity index (χ0n) is 21.0. The third-order valence-corrected chi connectivity index (χ3v) is 8.48. The van der Waals surface area contributed by atoms with Crippen LogP contribution in [0.15, 0.2) is 45.4 Å². The van der Waals surface area contributed by atoms with Crippen LogP contribution in [0.1, 0.15) is 38.3 Å². The van der Waals surface area contributed by atoms with E-state index in [9.17, 15) is 5.26 Å². The number of nitriles is 1. The molecule has 3 unspecified atom stereocenters. The molecule has 2 aliphatic heterocycles. The Morgan fingerprint density at radius 1 is 1.39 bits per heavy atom. The third kappa shape index (κ3) is 4.67. The van der Waals surface area contributed by atoms with Crippen LogP contribution in [-0.2, 0) is 4.74 Å². The highest BCUT2D eigenvalue weighted by atomic mass is 32.1. The van der Waals surface area contributed by atoms with Crippen LogP contribution in [-0.4, -0.2) is 50.6 Å². The van der Waals surface area contributed by atoms with Crippen LogP contribution in [0, 0.1) is 23.1 Å². The van der Waals surface area contributed by atoms with Gasteiger partial charge >= 0.3 is 0 Å². The molecule has 3 atom stereocenters. The highest BCUT2D eigenvalue weighted by Crippen LogP contribution is 2.49. The van der Waals surface area contributed by atoms with E-state index in [0.717, 1.165) is 45.4 Å². The Hall–Kier alpha value is -2.40. The van der Waals surface area contributed by atoms with Crippen molar-refractivity contribution in [3.05, 3.63) is 57.3 Å². The number of halogens is 1. The number of nitrogens with zero attached hydrogens (tertiary/aromatic N) is 3. The van der Waals surface area contributed by atoms with Crippen molar-refractivity contribution in [3.8, 4) is 6.07 Å². The highest BCUT2D eigenvalue weighted by Gasteiger charge is 2.37. The Morgan fingerprint density at radius 2 is 2.14 bits per heavy atom. The predicted octanol–water partition coefficient (Wildman–Crippen LogP) is 5.29. The lowest BCUT2D eigenvalue weighted by Crippen LogP contribution is -2.42. The number of likely N-dealkylation sites (tertiary alicyclic amines) is 1. The van der Waals surface area contributed by atoms with Crippen molar-refractivity contribution >= 4 is 48.0 Å². The molecule has 1 aromatic heterocycles. The minimum Gasteiger partial charge on any atom is -0.389 e. The van der Waals surface area contributed by atoms with Gasteiger partial charge in [0.15, 0.2) is 0 Å². The van der Waals surface area contributed by atoms with Gasteiger partial charge in [0.25, 0.3) is 0 Å². The van der Waals surface area contributed by atoms with E-state index in [2.05, 4.69) is 44.2 Å². The molecule has 1 aliphatic carbocycles. The van der Waals surface area contributed by atoms with Gasteiger partial charge in [0, 0.05) is 35.1 Å². The average molecular weight is 526 g/mol. The molecular formula is C27H33FN5OPS. The Kier molecular flexibility index (Phi) is 8.39. The maximum atomic E-state index is 15.6. The average Bonchev–Trinajstić information content (AvgIpc) is 3.59. The molecule has 3 aliphatic rings. The van der Waals surface area contributed by atoms with Crippen LogP contribution in [0.25, 0.3) is 15.7 Å². The number of benzene rings is 1. The van der Waals surface area contributed by atoms with Gasteiger partial charge in [-0.2, -0.15) is 5.26 Å². The molecule has 0 amide bonds. The van der Waals surface area contributed by atoms with Crippen molar-refractivity contribution in [1.29, 1.82) is 5.26 Å². The number of nitrogens with one attached hydrogen (secondary N) is 1. The molecule has 9 heteroatoms. The number of ether oxygens (including phenoxy) is 1. The lowest BCUT2D eigenvalue weighted by atomic mass is 9.81. The summed E-state index contributed by atoms with van der Waals surface area (Å²) in [6, 6.07) is 5.13. The van der Waals surface area contributed by atoms with Crippen molar-refractivity contribution < 1.29 is 9.13 Å². The fourth-order valence-corrected chi connectivity index (χ4v) is 6.81. The van der Waals surface area contributed by atoms with Gasteiger partial charge in [-0.1, -0.05) is 20.8 Å². The molecule has 0 radical (unpaired) electrons. The number of thiophene rings is 1. The van der Waals surface area contributed by atoms with E-state index in [0.29, 0.717) is 47.3 Å². The summed E-state index contributed by atoms with van der Waals surface area (Å²) < 4.78 is 22.2. The molecule has 2 aromatic rings. The number of nitrogens with two attached hydrogens (primary N) is 1. The zero-order chi connectivity index (χ0) is 26.0. The van der Waals surface area contributed by atoms with Gasteiger partial charge in [0.1, 0.15) is 16.9 Å². The van der Waals surface area contributed by atoms with Crippen molar-refractivity contribution in [1.82, 2.24) is 10.2 Å². The first-order chi connectivity index (χ1) is 17.4. The molecular weight excluding hydrogens is 492 g/mol. The normalized spacial score (nSPS) is 23.2. The monoisotopic (exact) mass is 525 g/mol. The zero-order valence-corrected chi connectivity index (χ0v) is 23.0. The number of aliphatic imine (C=N–C) groups is 1. The smallest absolute Gasteiger partial charge is 0.131 e. The van der Waals surface area contributed by atoms with Gasteiger partial charge in [-0.25, -0.2) is 4.39 Å². The first kappa shape index (κ1) is 26.7. The van der Waals surface area contributed by atoms with Crippen LogP contribution in [0.3, 0.4) is 0 Å². The van der Waals surface area contributed by atoms with Crippen LogP contribution in [0.4, 0.5) is 9.39 Å². The minimum absolute atomic E-state index is 0.210. The molecule has 36 heavy (non-hydrogen) atoms. The first-order valence-electron chi connectivity index (χ1n) is 12.3. The number of hydrogen-bond acceptors (Lipinski definition) is 7. The molecule has 1 aromatic carbocycles. The summed E-state index contributed by atoms with van der Waals surface area (Å²) in [5, 5.41) is 15.4. The lowest BCUT2D eigenvalue weighted by molar-refractivity contribution is 0.206. The Morgan fingerprint density at radius 3 is 2.81 bits per heavy atom. The van der Waals surface area contributed by atoms with Gasteiger partial charge in [0.05, 0.1) is 24.8 Å². The van der Waals surface area contributed by atoms with E-state index in [-0.39, 0.29) is 11.9 Å². The number of nitrogen functional groups attached to an aromatic ring is 1. The van der Waals surface area contributed by atoms with E-state index >= 15 is 4.39 Å². The van der Waals surface area contributed by atoms with Gasteiger partial charge in [-0.3, -0.25) is 15.2 Å². The van der Waals surface area contributed by atoms with Crippen molar-refractivity contribution in [3.63, 3.8) is 0 Å². The van der Waals surface area contributed by atoms with E-state index in [1.54, 1.807) is 12.3 Å². The highest BCUT2D eigenvalue weighted by molar-refractivity contribution is 7.23. The third-order valence-electron chi connectivity index (χ3n) is 6.87. The molecule has 6 nitrogen and oxygen atoms in total. The molecule has 1 fully saturated rings. The molecule has 3 heterocycles. The van der Waals surface area contributed by atoms with E-state index in [1.807, 2.05) is 13.8 Å². The summed E-state index contributed by atoms with van der Waals surface area (Å²) in [7, 11) is 2.83. The molecule has 0 spiro atoms. The number of anilines is 1. The largest absolute Gasteiger partial charge is 0.389 e. The Labute approximate surface area is 218 Å². The van der Waals surface area contributed by atoms with Crippen molar-refractivity contribution in [2.45, 2.75) is 33.2 Å². The second-order valence-electron chi connectivity index (χ2n) is 9.06. The van der Waals surface area contributed by atoms with Crippen LogP contribution >= 0.6 is 20.6 Å². The summed E-state index contributed by atoms with van der Waals surface area (Å²) in [4.78, 5) is 6.47. The summed E-state index contributed by atoms with van der Waals surface area (Å²) >= 11 is 1.31. The summed E-state index contributed by atoms with van der Waals surface area (Å²) in [5.41, 5.74) is 10.6. The molecule has 1 saturated heterocycles. The first-order valence-corrected chi connectivity index (χ1v) is 13.7. The standard InChI is InChI=1S/C25H27FN5OPS.C2H6/c1-13-5-6-31(9-13)12-30-23-15(8-29-2)16-10-32-11-17(16)21(24(23)33)22-18(26)3-4-19-20(22)14(7-27)25(28)34-19;1-2/h3-4,8,13,23,30H,2,5-6,9-12,28,33H2,1H3;1-2H3/b15-8-;. The number of rotatable bonds is 5. The summed E-state index contributed by atoms with van der Waals surface area (Å²) in [6.07, 6.45) is 2.96. The van der Waals surface area contributed by atoms with Gasteiger partial charge < -0.3 is 10.5 Å². The van der Waals surface area contributed by atoms with Crippen molar-refractivity contribution in [2.24, 2.45) is 10.9 Å². The van der Waals surface area contributed by atoms with Gasteiger partial charge in [-0.15, -0.1) is 20.6 Å². The fourth-order valence-electron chi connectivity index (χ4n) is 5.27. The van der Waals surface area contributed by atoms with Gasteiger partial charge in [-0.05, 0) is 65.3 Å². The SMILES string of the molecule is C=N/C=C1/C2=C(COC2)C(c2c(F)ccc3sc(N)c(C#N)c23)=C(P)C1NCN1CCC(C)C1.CC. The van der Waals surface area contributed by atoms with E-state index < -0.39 is 0 Å². The van der Waals surface area contributed by atoms with E-state index in [4.69, 9.17) is 10.5 Å². The summed E-state index contributed by atoms with van der Waals surface area (Å²) in [5.74, 6) is 0.300. The number of hydrogen-bond donors (Lipinski definition) is 2. The topological polar surface area (TPSA) is 86.7 Å². The van der Waals surface area contributed by atoms with Crippen LogP contribution in [0.5, 0.6) is 0 Å². The second kappa shape index (κ2) is 11.3. The quantitative estimate of drug-likeness (QED) is 0.409. The maximum absolute atomic E-state index is 15.6. The van der Waals surface area contributed by atoms with E-state index in [1.165, 1.54) is 23.8 Å². The number of fused-ring (bicyclic) bond motifs is 1. The van der Waals surface area contributed by atoms with Crippen molar-refractivity contribution in [2.75, 3.05) is 38.7 Å². The lowest BCUT2D eigenvalue weighted by Gasteiger charge is -2.32. The molecule has 0 bridgehead atoms. The predicted molar refractivity (Wildman–Crippen MR) is 152 cm³/mol. The molecule has 0 saturated carbocycles. The van der Waals surface area contributed by atoms with Crippen LogP contribution < -0.4 is 11.1 Å². The fraction of sp³-hybridized carbons (Fsp3) is 0.407. The molecule has 190 valence electrons. The molecule has 5 rings (SSSR count). The maximum Gasteiger partial charge on any atom is 0.131 e. The Bertz CT molecular complexity index is 1320. The Balaban J connectivity index is 0.00000148. The minimum atomic E-state index is -0.378. The summed E-state index contributed by atoms with van der Waals surface area (Å²) in [6.45, 7) is 13.5. The molecule has 3 N–H and O–H groups in total.